The highest BCUT2D eigenvalue weighted by Gasteiger charge is 2.27. The van der Waals surface area contributed by atoms with Crippen LogP contribution in [0.1, 0.15) is 12.5 Å². The van der Waals surface area contributed by atoms with Crippen LogP contribution in [-0.4, -0.2) is 64.9 Å². The van der Waals surface area contributed by atoms with E-state index in [4.69, 9.17) is 0 Å². The Labute approximate surface area is 109 Å². The topological polar surface area (TPSA) is 36.3 Å². The Morgan fingerprint density at radius 1 is 1.28 bits per heavy atom. The second-order valence-corrected chi connectivity index (χ2v) is 5.33. The van der Waals surface area contributed by atoms with Crippen LogP contribution in [0.3, 0.4) is 0 Å². The van der Waals surface area contributed by atoms with Gasteiger partial charge in [-0.2, -0.15) is 5.10 Å². The molecule has 2 saturated heterocycles. The summed E-state index contributed by atoms with van der Waals surface area (Å²) in [4.78, 5) is 5.17. The highest BCUT2D eigenvalue weighted by molar-refractivity contribution is 5.04. The van der Waals surface area contributed by atoms with Crippen molar-refractivity contribution in [2.24, 2.45) is 0 Å². The van der Waals surface area contributed by atoms with Crippen LogP contribution in [-0.2, 0) is 13.1 Å². The minimum absolute atomic E-state index is 0.801. The largest absolute Gasteiger partial charge is 0.314 e. The molecule has 0 aliphatic carbocycles. The van der Waals surface area contributed by atoms with Crippen molar-refractivity contribution in [2.75, 3.05) is 39.3 Å². The monoisotopic (exact) mass is 249 g/mol. The summed E-state index contributed by atoms with van der Waals surface area (Å²) in [6.45, 7) is 11.3. The molecule has 0 bridgehead atoms. The van der Waals surface area contributed by atoms with Gasteiger partial charge in [-0.1, -0.05) is 0 Å². The summed E-state index contributed by atoms with van der Waals surface area (Å²) in [5.41, 5.74) is 1.34. The molecule has 1 N–H and O–H groups in total. The van der Waals surface area contributed by atoms with E-state index in [9.17, 15) is 0 Å². The van der Waals surface area contributed by atoms with E-state index in [1.54, 1.807) is 0 Å². The molecular weight excluding hydrogens is 226 g/mol. The van der Waals surface area contributed by atoms with Gasteiger partial charge in [0.05, 0.1) is 6.20 Å². The first-order valence-corrected chi connectivity index (χ1v) is 7.03. The first-order valence-electron chi connectivity index (χ1n) is 7.03. The lowest BCUT2D eigenvalue weighted by Gasteiger charge is -2.43. The van der Waals surface area contributed by atoms with Gasteiger partial charge in [-0.15, -0.1) is 0 Å². The maximum absolute atomic E-state index is 4.34. The number of hydrogen-bond acceptors (Lipinski definition) is 4. The minimum Gasteiger partial charge on any atom is -0.314 e. The van der Waals surface area contributed by atoms with Crippen LogP contribution in [0, 0.1) is 0 Å². The Morgan fingerprint density at radius 3 is 2.61 bits per heavy atom. The average Bonchev–Trinajstić information content (AvgIpc) is 2.77. The quantitative estimate of drug-likeness (QED) is 0.814. The smallest absolute Gasteiger partial charge is 0.0534 e. The zero-order chi connectivity index (χ0) is 12.4. The van der Waals surface area contributed by atoms with Gasteiger partial charge in [0.25, 0.3) is 0 Å². The van der Waals surface area contributed by atoms with Gasteiger partial charge in [-0.25, -0.2) is 0 Å². The summed E-state index contributed by atoms with van der Waals surface area (Å²) in [6, 6.07) is 0.801. The van der Waals surface area contributed by atoms with Crippen LogP contribution < -0.4 is 5.32 Å². The van der Waals surface area contributed by atoms with Gasteiger partial charge >= 0.3 is 0 Å². The molecule has 1 aromatic rings. The van der Waals surface area contributed by atoms with E-state index in [0.29, 0.717) is 0 Å². The van der Waals surface area contributed by atoms with E-state index in [1.807, 2.05) is 10.9 Å². The van der Waals surface area contributed by atoms with Crippen LogP contribution in [0.2, 0.25) is 0 Å². The number of nitrogens with zero attached hydrogens (tertiary/aromatic N) is 4. The Balaban J connectivity index is 1.47. The van der Waals surface area contributed by atoms with Gasteiger partial charge in [0, 0.05) is 70.2 Å². The fourth-order valence-corrected chi connectivity index (χ4v) is 2.74. The molecule has 3 heterocycles. The Bertz CT molecular complexity index is 376. The predicted octanol–water partition coefficient (Wildman–Crippen LogP) is -0.00760. The van der Waals surface area contributed by atoms with Crippen molar-refractivity contribution in [3.63, 3.8) is 0 Å². The number of nitrogens with one attached hydrogen (secondary N) is 1. The van der Waals surface area contributed by atoms with Crippen LogP contribution >= 0.6 is 0 Å². The van der Waals surface area contributed by atoms with E-state index in [-0.39, 0.29) is 0 Å². The van der Waals surface area contributed by atoms with E-state index in [0.717, 1.165) is 19.1 Å². The first kappa shape index (κ1) is 12.1. The highest BCUT2D eigenvalue weighted by Crippen LogP contribution is 2.12. The minimum atomic E-state index is 0.801. The molecule has 0 atom stereocenters. The van der Waals surface area contributed by atoms with Gasteiger partial charge in [0.1, 0.15) is 0 Å². The molecule has 0 aromatic carbocycles. The number of aryl methyl sites for hydroxylation is 1. The van der Waals surface area contributed by atoms with Crippen molar-refractivity contribution in [3.05, 3.63) is 18.0 Å². The van der Waals surface area contributed by atoms with Gasteiger partial charge in [0.2, 0.25) is 0 Å². The fraction of sp³-hybridized carbons (Fsp3) is 0.769. The van der Waals surface area contributed by atoms with Crippen molar-refractivity contribution >= 4 is 0 Å². The third-order valence-electron chi connectivity index (χ3n) is 4.10. The molecular formula is C13H23N5. The molecule has 5 heteroatoms. The van der Waals surface area contributed by atoms with E-state index in [2.05, 4.69) is 33.3 Å². The third-order valence-corrected chi connectivity index (χ3v) is 4.10. The molecule has 0 radical (unpaired) electrons. The highest BCUT2D eigenvalue weighted by atomic mass is 15.3. The van der Waals surface area contributed by atoms with E-state index >= 15 is 0 Å². The maximum atomic E-state index is 4.34. The standard InChI is InChI=1S/C13H23N5/c1-2-18-11-12(7-15-18)10-16-3-5-17(6-4-16)13-8-14-9-13/h7,11,13-14H,2-6,8-10H2,1H3. The average molecular weight is 249 g/mol. The van der Waals surface area contributed by atoms with Crippen molar-refractivity contribution in [2.45, 2.75) is 26.1 Å². The number of piperazine rings is 1. The van der Waals surface area contributed by atoms with Gasteiger partial charge in [0.15, 0.2) is 0 Å². The molecule has 5 nitrogen and oxygen atoms in total. The van der Waals surface area contributed by atoms with Crippen LogP contribution in [0.5, 0.6) is 0 Å². The molecule has 3 rings (SSSR count). The molecule has 0 spiro atoms. The van der Waals surface area contributed by atoms with Crippen molar-refractivity contribution in [1.29, 1.82) is 0 Å². The third kappa shape index (κ3) is 2.58. The normalized spacial score (nSPS) is 23.2. The Hall–Kier alpha value is -0.910. The van der Waals surface area contributed by atoms with Crippen molar-refractivity contribution in [3.8, 4) is 0 Å². The fourth-order valence-electron chi connectivity index (χ4n) is 2.74. The summed E-state index contributed by atoms with van der Waals surface area (Å²) in [6.07, 6.45) is 4.17. The molecule has 0 amide bonds. The maximum Gasteiger partial charge on any atom is 0.0534 e. The lowest BCUT2D eigenvalue weighted by Crippen LogP contribution is -2.61. The Kier molecular flexibility index (Phi) is 3.63. The van der Waals surface area contributed by atoms with Crippen LogP contribution in [0.4, 0.5) is 0 Å². The summed E-state index contributed by atoms with van der Waals surface area (Å²) in [5, 5.41) is 7.69. The number of aromatic nitrogens is 2. The summed E-state index contributed by atoms with van der Waals surface area (Å²) in [7, 11) is 0. The van der Waals surface area contributed by atoms with Crippen molar-refractivity contribution in [1.82, 2.24) is 24.9 Å². The molecule has 18 heavy (non-hydrogen) atoms. The lowest BCUT2D eigenvalue weighted by atomic mass is 10.1. The van der Waals surface area contributed by atoms with Crippen LogP contribution in [0.15, 0.2) is 12.4 Å². The molecule has 0 saturated carbocycles. The number of rotatable bonds is 4. The van der Waals surface area contributed by atoms with E-state index in [1.165, 1.54) is 44.8 Å². The molecule has 2 aliphatic heterocycles. The molecule has 0 unspecified atom stereocenters. The summed E-state index contributed by atoms with van der Waals surface area (Å²) in [5.74, 6) is 0. The van der Waals surface area contributed by atoms with E-state index < -0.39 is 0 Å². The SMILES string of the molecule is CCn1cc(CN2CCN(C3CNC3)CC2)cn1. The second-order valence-electron chi connectivity index (χ2n) is 5.33. The summed E-state index contributed by atoms with van der Waals surface area (Å²) < 4.78 is 2.01. The van der Waals surface area contributed by atoms with Gasteiger partial charge in [-0.05, 0) is 6.92 Å². The zero-order valence-corrected chi connectivity index (χ0v) is 11.2. The van der Waals surface area contributed by atoms with Crippen molar-refractivity contribution < 1.29 is 0 Å². The summed E-state index contributed by atoms with van der Waals surface area (Å²) >= 11 is 0. The molecule has 1 aromatic heterocycles. The number of hydrogen-bond donors (Lipinski definition) is 1. The predicted molar refractivity (Wildman–Crippen MR) is 71.4 cm³/mol. The zero-order valence-electron chi connectivity index (χ0n) is 11.2. The van der Waals surface area contributed by atoms with Gasteiger partial charge in [-0.3, -0.25) is 14.5 Å². The molecule has 100 valence electrons. The first-order chi connectivity index (χ1) is 8.85. The van der Waals surface area contributed by atoms with Crippen LogP contribution in [0.25, 0.3) is 0 Å². The molecule has 2 aliphatic rings. The second kappa shape index (κ2) is 5.38. The molecule has 2 fully saturated rings. The Morgan fingerprint density at radius 2 is 2.06 bits per heavy atom. The van der Waals surface area contributed by atoms with Gasteiger partial charge < -0.3 is 5.32 Å². The lowest BCUT2D eigenvalue weighted by molar-refractivity contribution is 0.0695.